The van der Waals surface area contributed by atoms with Crippen LogP contribution in [0.25, 0.3) is 0 Å². The normalized spacial score (nSPS) is 9.64. The van der Waals surface area contributed by atoms with Crippen molar-refractivity contribution in [1.82, 2.24) is 4.98 Å². The van der Waals surface area contributed by atoms with Gasteiger partial charge in [0.2, 0.25) is 0 Å². The van der Waals surface area contributed by atoms with Crippen LogP contribution in [0.15, 0.2) is 12.3 Å². The topological polar surface area (TPSA) is 56.3 Å². The van der Waals surface area contributed by atoms with Crippen molar-refractivity contribution in [3.05, 3.63) is 29.1 Å². The standard InChI is InChI=1S/C10H11NO3/c1-6-4-8(10(13)14-3)9(7(2)12)11-5-6/h4-5H,1-3H3. The molecule has 0 bridgehead atoms. The highest BCUT2D eigenvalue weighted by atomic mass is 16.5. The lowest BCUT2D eigenvalue weighted by Crippen LogP contribution is -2.11. The molecule has 1 rings (SSSR count). The molecule has 0 N–H and O–H groups in total. The number of carbonyl (C=O) groups is 2. The van der Waals surface area contributed by atoms with E-state index in [1.54, 1.807) is 19.2 Å². The van der Waals surface area contributed by atoms with E-state index in [1.165, 1.54) is 14.0 Å². The molecule has 4 nitrogen and oxygen atoms in total. The van der Waals surface area contributed by atoms with Gasteiger partial charge in [-0.15, -0.1) is 0 Å². The summed E-state index contributed by atoms with van der Waals surface area (Å²) in [6.07, 6.45) is 1.54. The number of rotatable bonds is 2. The van der Waals surface area contributed by atoms with Crippen LogP contribution in [0.1, 0.15) is 33.3 Å². The average Bonchev–Trinajstić information content (AvgIpc) is 2.16. The van der Waals surface area contributed by atoms with Crippen LogP contribution in [0.5, 0.6) is 0 Å². The molecule has 0 aliphatic carbocycles. The predicted molar refractivity (Wildman–Crippen MR) is 50.3 cm³/mol. The van der Waals surface area contributed by atoms with Gasteiger partial charge in [0.15, 0.2) is 5.78 Å². The van der Waals surface area contributed by atoms with E-state index in [-0.39, 0.29) is 17.0 Å². The summed E-state index contributed by atoms with van der Waals surface area (Å²) in [5.41, 5.74) is 1.19. The second-order valence-corrected chi connectivity index (χ2v) is 2.96. The first-order chi connectivity index (χ1) is 6.56. The lowest BCUT2D eigenvalue weighted by Gasteiger charge is -2.04. The lowest BCUT2D eigenvalue weighted by molar-refractivity contribution is 0.0596. The van der Waals surface area contributed by atoms with Crippen LogP contribution >= 0.6 is 0 Å². The van der Waals surface area contributed by atoms with E-state index in [4.69, 9.17) is 0 Å². The fourth-order valence-electron chi connectivity index (χ4n) is 1.12. The summed E-state index contributed by atoms with van der Waals surface area (Å²) < 4.78 is 4.55. The Balaban J connectivity index is 3.29. The van der Waals surface area contributed by atoms with E-state index in [2.05, 4.69) is 9.72 Å². The van der Waals surface area contributed by atoms with Gasteiger partial charge in [-0.3, -0.25) is 9.78 Å². The van der Waals surface area contributed by atoms with Crippen molar-refractivity contribution >= 4 is 11.8 Å². The van der Waals surface area contributed by atoms with E-state index in [0.717, 1.165) is 5.56 Å². The Morgan fingerprint density at radius 2 is 2.07 bits per heavy atom. The second-order valence-electron chi connectivity index (χ2n) is 2.96. The molecular formula is C10H11NO3. The molecular weight excluding hydrogens is 182 g/mol. The summed E-state index contributed by atoms with van der Waals surface area (Å²) in [6.45, 7) is 3.16. The zero-order chi connectivity index (χ0) is 10.7. The van der Waals surface area contributed by atoms with Crippen molar-refractivity contribution in [2.45, 2.75) is 13.8 Å². The highest BCUT2D eigenvalue weighted by molar-refractivity contribution is 6.03. The smallest absolute Gasteiger partial charge is 0.340 e. The van der Waals surface area contributed by atoms with E-state index < -0.39 is 5.97 Å². The minimum absolute atomic E-state index is 0.155. The van der Waals surface area contributed by atoms with Gasteiger partial charge in [0, 0.05) is 13.1 Å². The van der Waals surface area contributed by atoms with Gasteiger partial charge in [0.1, 0.15) is 5.69 Å². The van der Waals surface area contributed by atoms with Crippen LogP contribution in [-0.4, -0.2) is 23.8 Å². The molecule has 74 valence electrons. The summed E-state index contributed by atoms with van der Waals surface area (Å²) in [6, 6.07) is 1.59. The number of hydrogen-bond acceptors (Lipinski definition) is 4. The maximum atomic E-state index is 11.3. The largest absolute Gasteiger partial charge is 0.465 e. The molecule has 1 heterocycles. The number of methoxy groups -OCH3 is 1. The third-order valence-corrected chi connectivity index (χ3v) is 1.76. The number of nitrogens with zero attached hydrogens (tertiary/aromatic N) is 1. The van der Waals surface area contributed by atoms with Gasteiger partial charge in [0.05, 0.1) is 12.7 Å². The third-order valence-electron chi connectivity index (χ3n) is 1.76. The van der Waals surface area contributed by atoms with Gasteiger partial charge in [-0.05, 0) is 18.6 Å². The number of pyridine rings is 1. The van der Waals surface area contributed by atoms with E-state index in [0.29, 0.717) is 0 Å². The molecule has 0 unspecified atom stereocenters. The maximum absolute atomic E-state index is 11.3. The highest BCUT2D eigenvalue weighted by Gasteiger charge is 2.16. The highest BCUT2D eigenvalue weighted by Crippen LogP contribution is 2.10. The molecule has 0 radical (unpaired) electrons. The molecule has 0 amide bonds. The number of hydrogen-bond donors (Lipinski definition) is 0. The molecule has 14 heavy (non-hydrogen) atoms. The number of Topliss-reactive ketones (excluding diaryl/α,β-unsaturated/α-hetero) is 1. The fourth-order valence-corrected chi connectivity index (χ4v) is 1.12. The van der Waals surface area contributed by atoms with Gasteiger partial charge in [-0.2, -0.15) is 0 Å². The summed E-state index contributed by atoms with van der Waals surface area (Å²) in [4.78, 5) is 26.3. The number of aryl methyl sites for hydroxylation is 1. The molecule has 0 saturated carbocycles. The minimum atomic E-state index is -0.536. The van der Waals surface area contributed by atoms with Crippen molar-refractivity contribution in [3.63, 3.8) is 0 Å². The van der Waals surface area contributed by atoms with Crippen LogP contribution in [0.3, 0.4) is 0 Å². The van der Waals surface area contributed by atoms with Crippen molar-refractivity contribution < 1.29 is 14.3 Å². The second kappa shape index (κ2) is 4.00. The Bertz CT molecular complexity index is 385. The number of aromatic nitrogens is 1. The van der Waals surface area contributed by atoms with Gasteiger partial charge in [0.25, 0.3) is 0 Å². The van der Waals surface area contributed by atoms with Crippen molar-refractivity contribution in [2.24, 2.45) is 0 Å². The zero-order valence-electron chi connectivity index (χ0n) is 8.33. The van der Waals surface area contributed by atoms with E-state index in [1.807, 2.05) is 0 Å². The molecule has 0 aromatic carbocycles. The maximum Gasteiger partial charge on any atom is 0.340 e. The van der Waals surface area contributed by atoms with Gasteiger partial charge in [-0.25, -0.2) is 4.79 Å². The van der Waals surface area contributed by atoms with E-state index >= 15 is 0 Å². The quantitative estimate of drug-likeness (QED) is 0.526. The Hall–Kier alpha value is -1.71. The number of carbonyl (C=O) groups excluding carboxylic acids is 2. The molecule has 0 saturated heterocycles. The van der Waals surface area contributed by atoms with Crippen molar-refractivity contribution in [1.29, 1.82) is 0 Å². The van der Waals surface area contributed by atoms with Gasteiger partial charge < -0.3 is 4.74 Å². The number of ketones is 1. The Morgan fingerprint density at radius 3 is 2.57 bits per heavy atom. The number of ether oxygens (including phenoxy) is 1. The number of esters is 1. The van der Waals surface area contributed by atoms with Gasteiger partial charge in [-0.1, -0.05) is 0 Å². The first-order valence-corrected chi connectivity index (χ1v) is 4.12. The Morgan fingerprint density at radius 1 is 1.43 bits per heavy atom. The summed E-state index contributed by atoms with van der Waals surface area (Å²) in [5.74, 6) is -0.781. The molecule has 1 aromatic heterocycles. The minimum Gasteiger partial charge on any atom is -0.465 e. The van der Waals surface area contributed by atoms with E-state index in [9.17, 15) is 9.59 Å². The summed E-state index contributed by atoms with van der Waals surface area (Å²) in [7, 11) is 1.27. The van der Waals surface area contributed by atoms with Crippen molar-refractivity contribution in [3.8, 4) is 0 Å². The lowest BCUT2D eigenvalue weighted by atomic mass is 10.1. The monoisotopic (exact) mass is 193 g/mol. The molecule has 1 aromatic rings. The molecule has 0 fully saturated rings. The summed E-state index contributed by atoms with van der Waals surface area (Å²) in [5, 5.41) is 0. The summed E-state index contributed by atoms with van der Waals surface area (Å²) >= 11 is 0. The fraction of sp³-hybridized carbons (Fsp3) is 0.300. The van der Waals surface area contributed by atoms with Crippen LogP contribution in [0, 0.1) is 6.92 Å². The molecule has 0 atom stereocenters. The van der Waals surface area contributed by atoms with Crippen molar-refractivity contribution in [2.75, 3.05) is 7.11 Å². The molecule has 0 aliphatic rings. The first-order valence-electron chi connectivity index (χ1n) is 4.12. The predicted octanol–water partition coefficient (Wildman–Crippen LogP) is 1.38. The molecule has 0 aliphatic heterocycles. The average molecular weight is 193 g/mol. The Kier molecular flexibility index (Phi) is 2.96. The SMILES string of the molecule is COC(=O)c1cc(C)cnc1C(C)=O. The van der Waals surface area contributed by atoms with Crippen LogP contribution in [-0.2, 0) is 4.74 Å². The Labute approximate surface area is 81.9 Å². The van der Waals surface area contributed by atoms with Crippen LogP contribution < -0.4 is 0 Å². The van der Waals surface area contributed by atoms with Crippen LogP contribution in [0.4, 0.5) is 0 Å². The molecule has 4 heteroatoms. The zero-order valence-corrected chi connectivity index (χ0v) is 8.33. The first kappa shape index (κ1) is 10.4. The molecule has 0 spiro atoms. The third kappa shape index (κ3) is 1.96. The van der Waals surface area contributed by atoms with Gasteiger partial charge >= 0.3 is 5.97 Å². The van der Waals surface area contributed by atoms with Crippen LogP contribution in [0.2, 0.25) is 0 Å².